The highest BCUT2D eigenvalue weighted by molar-refractivity contribution is 5.70. The van der Waals surface area contributed by atoms with Crippen LogP contribution in [-0.2, 0) is 19.1 Å². The van der Waals surface area contributed by atoms with E-state index in [1.807, 2.05) is 0 Å². The molecule has 0 aliphatic heterocycles. The molecule has 0 heterocycles. The van der Waals surface area contributed by atoms with Crippen LogP contribution >= 0.6 is 0 Å². The van der Waals surface area contributed by atoms with Crippen molar-refractivity contribution >= 4 is 11.9 Å². The Hall–Kier alpha value is -1.88. The zero-order chi connectivity index (χ0) is 25.1. The van der Waals surface area contributed by atoms with E-state index in [1.165, 1.54) is 38.5 Å². The lowest BCUT2D eigenvalue weighted by Gasteiger charge is -2.15. The van der Waals surface area contributed by atoms with Crippen LogP contribution in [0.5, 0.6) is 0 Å². The molecule has 0 aliphatic carbocycles. The minimum atomic E-state index is -0.783. The van der Waals surface area contributed by atoms with E-state index in [0.717, 1.165) is 51.4 Å². The molecule has 196 valence electrons. The molecule has 0 radical (unpaired) electrons. The Labute approximate surface area is 208 Å². The van der Waals surface area contributed by atoms with Crippen LogP contribution in [0, 0.1) is 0 Å². The van der Waals surface area contributed by atoms with Gasteiger partial charge in [0, 0.05) is 12.8 Å². The number of aliphatic hydroxyl groups is 1. The first kappa shape index (κ1) is 32.1. The monoisotopic (exact) mass is 478 g/mol. The molecule has 0 aliphatic rings. The number of rotatable bonds is 23. The quantitative estimate of drug-likeness (QED) is 0.0942. The van der Waals surface area contributed by atoms with Crippen LogP contribution < -0.4 is 0 Å². The summed E-state index contributed by atoms with van der Waals surface area (Å²) in [6, 6.07) is 0. The zero-order valence-corrected chi connectivity index (χ0v) is 21.8. The number of aliphatic hydroxyl groups excluding tert-OH is 1. The molecule has 0 saturated carbocycles. The van der Waals surface area contributed by atoms with Gasteiger partial charge in [-0.15, -0.1) is 0 Å². The standard InChI is InChI=1S/C29H50O5/c1-3-5-7-9-10-11-12-13-14-15-16-17-18-20-22-24-29(32)34-27(25-30)26-33-28(31)23-21-19-8-6-4-2/h10-11,13-14,16-17,27,30H,3-9,12,15,18-26H2,1-2H3. The molecule has 1 N–H and O–H groups in total. The third-order valence-corrected chi connectivity index (χ3v) is 5.44. The lowest BCUT2D eigenvalue weighted by Crippen LogP contribution is -2.28. The van der Waals surface area contributed by atoms with Crippen LogP contribution in [0.2, 0.25) is 0 Å². The van der Waals surface area contributed by atoms with Gasteiger partial charge in [-0.05, 0) is 51.4 Å². The number of carbonyl (C=O) groups is 2. The summed E-state index contributed by atoms with van der Waals surface area (Å²) in [4.78, 5) is 23.7. The van der Waals surface area contributed by atoms with Gasteiger partial charge in [-0.3, -0.25) is 9.59 Å². The molecule has 0 aromatic carbocycles. The highest BCUT2D eigenvalue weighted by Gasteiger charge is 2.15. The molecule has 5 nitrogen and oxygen atoms in total. The van der Waals surface area contributed by atoms with E-state index in [2.05, 4.69) is 50.3 Å². The molecule has 34 heavy (non-hydrogen) atoms. The molecule has 0 bridgehead atoms. The lowest BCUT2D eigenvalue weighted by atomic mass is 10.1. The van der Waals surface area contributed by atoms with Crippen LogP contribution in [0.3, 0.4) is 0 Å². The van der Waals surface area contributed by atoms with E-state index in [0.29, 0.717) is 12.8 Å². The van der Waals surface area contributed by atoms with Gasteiger partial charge in [0.15, 0.2) is 6.10 Å². The number of esters is 2. The van der Waals surface area contributed by atoms with Gasteiger partial charge in [0.2, 0.25) is 0 Å². The minimum absolute atomic E-state index is 0.0824. The normalized spacial score (nSPS) is 12.7. The Balaban J connectivity index is 3.72. The fourth-order valence-electron chi connectivity index (χ4n) is 3.32. The summed E-state index contributed by atoms with van der Waals surface area (Å²) in [7, 11) is 0. The van der Waals surface area contributed by atoms with Crippen LogP contribution in [0.15, 0.2) is 36.5 Å². The Morgan fingerprint density at radius 3 is 1.79 bits per heavy atom. The first-order chi connectivity index (χ1) is 16.6. The minimum Gasteiger partial charge on any atom is -0.462 e. The van der Waals surface area contributed by atoms with Gasteiger partial charge >= 0.3 is 11.9 Å². The highest BCUT2D eigenvalue weighted by atomic mass is 16.6. The lowest BCUT2D eigenvalue weighted by molar-refractivity contribution is -0.161. The van der Waals surface area contributed by atoms with Crippen LogP contribution in [0.25, 0.3) is 0 Å². The van der Waals surface area contributed by atoms with E-state index in [4.69, 9.17) is 9.47 Å². The molecule has 1 unspecified atom stereocenters. The Morgan fingerprint density at radius 1 is 0.676 bits per heavy atom. The summed E-state index contributed by atoms with van der Waals surface area (Å²) in [5.41, 5.74) is 0. The molecule has 0 aromatic rings. The molecule has 5 heteroatoms. The Kier molecular flexibility index (Phi) is 24.3. The van der Waals surface area contributed by atoms with Crippen molar-refractivity contribution in [1.82, 2.24) is 0 Å². The van der Waals surface area contributed by atoms with Gasteiger partial charge in [-0.1, -0.05) is 88.8 Å². The Morgan fingerprint density at radius 2 is 1.18 bits per heavy atom. The average molecular weight is 479 g/mol. The van der Waals surface area contributed by atoms with E-state index >= 15 is 0 Å². The number of carbonyl (C=O) groups excluding carboxylic acids is 2. The predicted molar refractivity (Wildman–Crippen MR) is 141 cm³/mol. The first-order valence-electron chi connectivity index (χ1n) is 13.5. The molecule has 0 spiro atoms. The predicted octanol–water partition coefficient (Wildman–Crippen LogP) is 7.38. The fourth-order valence-corrected chi connectivity index (χ4v) is 3.32. The SMILES string of the molecule is CCCCCC=CCC=CCC=CCCCCC(=O)OC(CO)COC(=O)CCCCCCC. The fraction of sp³-hybridized carbons (Fsp3) is 0.724. The second kappa shape index (κ2) is 25.7. The second-order valence-corrected chi connectivity index (χ2v) is 8.77. The molecule has 0 amide bonds. The van der Waals surface area contributed by atoms with E-state index in [-0.39, 0.29) is 25.2 Å². The van der Waals surface area contributed by atoms with Gasteiger partial charge in [-0.2, -0.15) is 0 Å². The van der Waals surface area contributed by atoms with E-state index < -0.39 is 6.10 Å². The van der Waals surface area contributed by atoms with Gasteiger partial charge in [0.25, 0.3) is 0 Å². The van der Waals surface area contributed by atoms with Crippen LogP contribution in [-0.4, -0.2) is 36.4 Å². The van der Waals surface area contributed by atoms with Gasteiger partial charge in [-0.25, -0.2) is 0 Å². The van der Waals surface area contributed by atoms with Crippen molar-refractivity contribution < 1.29 is 24.2 Å². The van der Waals surface area contributed by atoms with Crippen molar-refractivity contribution in [3.8, 4) is 0 Å². The second-order valence-electron chi connectivity index (χ2n) is 8.77. The summed E-state index contributed by atoms with van der Waals surface area (Å²) in [5.74, 6) is -0.657. The summed E-state index contributed by atoms with van der Waals surface area (Å²) in [6.07, 6.45) is 27.9. The summed E-state index contributed by atoms with van der Waals surface area (Å²) in [5, 5.41) is 9.38. The van der Waals surface area contributed by atoms with Gasteiger partial charge in [0.1, 0.15) is 6.61 Å². The molecular formula is C29H50O5. The first-order valence-corrected chi connectivity index (χ1v) is 13.5. The number of allylic oxidation sites excluding steroid dienone is 6. The van der Waals surface area contributed by atoms with E-state index in [1.54, 1.807) is 0 Å². The summed E-state index contributed by atoms with van der Waals surface area (Å²) < 4.78 is 10.4. The molecular weight excluding hydrogens is 428 g/mol. The van der Waals surface area contributed by atoms with Crippen molar-refractivity contribution in [3.63, 3.8) is 0 Å². The maximum absolute atomic E-state index is 12.0. The number of hydrogen-bond acceptors (Lipinski definition) is 5. The van der Waals surface area contributed by atoms with Crippen molar-refractivity contribution in [2.24, 2.45) is 0 Å². The maximum atomic E-state index is 12.0. The van der Waals surface area contributed by atoms with Crippen molar-refractivity contribution in [3.05, 3.63) is 36.5 Å². The number of hydrogen-bond donors (Lipinski definition) is 1. The van der Waals surface area contributed by atoms with Crippen molar-refractivity contribution in [2.75, 3.05) is 13.2 Å². The van der Waals surface area contributed by atoms with Gasteiger partial charge < -0.3 is 14.6 Å². The number of unbranched alkanes of at least 4 members (excludes halogenated alkanes) is 9. The average Bonchev–Trinajstić information content (AvgIpc) is 2.84. The third-order valence-electron chi connectivity index (χ3n) is 5.44. The highest BCUT2D eigenvalue weighted by Crippen LogP contribution is 2.08. The van der Waals surface area contributed by atoms with Crippen LogP contribution in [0.4, 0.5) is 0 Å². The molecule has 0 fully saturated rings. The summed E-state index contributed by atoms with van der Waals surface area (Å²) >= 11 is 0. The molecule has 1 atom stereocenters. The third kappa shape index (κ3) is 23.3. The molecule has 0 rings (SSSR count). The summed E-state index contributed by atoms with van der Waals surface area (Å²) in [6.45, 7) is 3.95. The van der Waals surface area contributed by atoms with Crippen LogP contribution in [0.1, 0.15) is 117 Å². The Bertz CT molecular complexity index is 565. The van der Waals surface area contributed by atoms with Crippen molar-refractivity contribution in [1.29, 1.82) is 0 Å². The largest absolute Gasteiger partial charge is 0.462 e. The van der Waals surface area contributed by atoms with E-state index in [9.17, 15) is 14.7 Å². The van der Waals surface area contributed by atoms with Gasteiger partial charge in [0.05, 0.1) is 6.61 Å². The zero-order valence-electron chi connectivity index (χ0n) is 21.8. The number of ether oxygens (including phenoxy) is 2. The molecule has 0 aromatic heterocycles. The topological polar surface area (TPSA) is 72.8 Å². The smallest absolute Gasteiger partial charge is 0.306 e. The molecule has 0 saturated heterocycles. The maximum Gasteiger partial charge on any atom is 0.306 e. The van der Waals surface area contributed by atoms with Crippen molar-refractivity contribution in [2.45, 2.75) is 123 Å².